The Hall–Kier alpha value is -2.18. The summed E-state index contributed by atoms with van der Waals surface area (Å²) in [5.41, 5.74) is 8.31. The molecule has 0 bridgehead atoms. The number of ether oxygens (including phenoxy) is 1. The van der Waals surface area contributed by atoms with Crippen LogP contribution in [-0.4, -0.2) is 54.2 Å². The third kappa shape index (κ3) is 3.66. The highest BCUT2D eigenvalue weighted by molar-refractivity contribution is 5.41. The molecule has 0 radical (unpaired) electrons. The number of hydrogen-bond acceptors (Lipinski definition) is 6. The van der Waals surface area contributed by atoms with Crippen molar-refractivity contribution in [2.45, 2.75) is 31.3 Å². The van der Waals surface area contributed by atoms with Crippen molar-refractivity contribution < 1.29 is 4.74 Å². The van der Waals surface area contributed by atoms with Gasteiger partial charge in [0.2, 0.25) is 0 Å². The summed E-state index contributed by atoms with van der Waals surface area (Å²) in [5.74, 6) is 2.53. The van der Waals surface area contributed by atoms with E-state index in [0.717, 1.165) is 62.8 Å². The summed E-state index contributed by atoms with van der Waals surface area (Å²) >= 11 is 0. The highest BCUT2D eigenvalue weighted by atomic mass is 16.5. The monoisotopic (exact) mass is 353 g/mol. The molecule has 2 aliphatic rings. The average molecular weight is 353 g/mol. The van der Waals surface area contributed by atoms with E-state index >= 15 is 0 Å². The molecule has 6 heteroatoms. The van der Waals surface area contributed by atoms with Crippen LogP contribution >= 0.6 is 0 Å². The van der Waals surface area contributed by atoms with Gasteiger partial charge in [0.25, 0.3) is 0 Å². The first-order valence-corrected chi connectivity index (χ1v) is 9.39. The fraction of sp³-hybridized carbons (Fsp3) is 0.500. The second-order valence-corrected chi connectivity index (χ2v) is 7.30. The lowest BCUT2D eigenvalue weighted by atomic mass is 9.78. The Balaban J connectivity index is 1.36. The van der Waals surface area contributed by atoms with E-state index in [9.17, 15) is 0 Å². The molecule has 6 nitrogen and oxygen atoms in total. The van der Waals surface area contributed by atoms with Gasteiger partial charge in [0.15, 0.2) is 0 Å². The number of hydrogen-bond donors (Lipinski definition) is 1. The molecule has 4 rings (SSSR count). The van der Waals surface area contributed by atoms with Crippen molar-refractivity contribution in [1.29, 1.82) is 0 Å². The van der Waals surface area contributed by atoms with Crippen LogP contribution in [0.15, 0.2) is 36.7 Å². The maximum Gasteiger partial charge on any atom is 0.132 e. The van der Waals surface area contributed by atoms with Crippen molar-refractivity contribution in [3.05, 3.63) is 47.9 Å². The summed E-state index contributed by atoms with van der Waals surface area (Å²) < 4.78 is 5.47. The maximum atomic E-state index is 5.92. The van der Waals surface area contributed by atoms with Gasteiger partial charge in [-0.05, 0) is 18.9 Å². The number of benzene rings is 1. The molecule has 0 atom stereocenters. The van der Waals surface area contributed by atoms with Crippen molar-refractivity contribution in [2.24, 2.45) is 5.73 Å². The van der Waals surface area contributed by atoms with Gasteiger partial charge in [0.05, 0.1) is 7.11 Å². The molecule has 2 aromatic rings. The molecule has 2 N–H and O–H groups in total. The number of methoxy groups -OCH3 is 1. The van der Waals surface area contributed by atoms with Crippen LogP contribution in [0.2, 0.25) is 0 Å². The molecule has 2 fully saturated rings. The van der Waals surface area contributed by atoms with Crippen molar-refractivity contribution in [3.63, 3.8) is 0 Å². The molecule has 0 amide bonds. The largest absolute Gasteiger partial charge is 0.496 e. The van der Waals surface area contributed by atoms with E-state index in [4.69, 9.17) is 10.5 Å². The van der Waals surface area contributed by atoms with Crippen LogP contribution in [-0.2, 0) is 6.54 Å². The predicted molar refractivity (Wildman–Crippen MR) is 102 cm³/mol. The quantitative estimate of drug-likeness (QED) is 0.887. The minimum absolute atomic E-state index is 0.344. The summed E-state index contributed by atoms with van der Waals surface area (Å²) in [6.07, 6.45) is 3.79. The Kier molecular flexibility index (Phi) is 5.04. The summed E-state index contributed by atoms with van der Waals surface area (Å²) in [6.45, 7) is 4.93. The molecule has 0 unspecified atom stereocenters. The summed E-state index contributed by atoms with van der Waals surface area (Å²) in [5, 5.41) is 0. The van der Waals surface area contributed by atoms with Crippen LogP contribution in [0.4, 0.5) is 5.82 Å². The minimum Gasteiger partial charge on any atom is -0.496 e. The van der Waals surface area contributed by atoms with Gasteiger partial charge in [0, 0.05) is 62.0 Å². The van der Waals surface area contributed by atoms with E-state index in [-0.39, 0.29) is 0 Å². The van der Waals surface area contributed by atoms with Crippen molar-refractivity contribution in [1.82, 2.24) is 14.9 Å². The van der Waals surface area contributed by atoms with Crippen LogP contribution in [0.5, 0.6) is 5.75 Å². The average Bonchev–Trinajstić information content (AvgIpc) is 2.67. The number of nitrogens with two attached hydrogens (primary N) is 1. The first-order chi connectivity index (χ1) is 12.7. The molecule has 1 aromatic carbocycles. The molecule has 1 aromatic heterocycles. The zero-order chi connectivity index (χ0) is 17.9. The topological polar surface area (TPSA) is 67.5 Å². The summed E-state index contributed by atoms with van der Waals surface area (Å²) in [6, 6.07) is 10.8. The smallest absolute Gasteiger partial charge is 0.132 e. The van der Waals surface area contributed by atoms with Crippen LogP contribution in [0.3, 0.4) is 0 Å². The van der Waals surface area contributed by atoms with Gasteiger partial charge < -0.3 is 15.4 Å². The Labute approximate surface area is 155 Å². The first kappa shape index (κ1) is 17.2. The van der Waals surface area contributed by atoms with Crippen molar-refractivity contribution in [2.75, 3.05) is 38.2 Å². The number of rotatable bonds is 5. The Morgan fingerprint density at radius 3 is 2.62 bits per heavy atom. The van der Waals surface area contributed by atoms with Gasteiger partial charge in [-0.15, -0.1) is 0 Å². The lowest BCUT2D eigenvalue weighted by molar-refractivity contribution is 0.245. The Morgan fingerprint density at radius 2 is 1.88 bits per heavy atom. The third-order valence-corrected chi connectivity index (χ3v) is 5.55. The molecule has 2 heterocycles. The van der Waals surface area contributed by atoms with Gasteiger partial charge in [-0.25, -0.2) is 9.97 Å². The third-order valence-electron chi connectivity index (χ3n) is 5.55. The van der Waals surface area contributed by atoms with Gasteiger partial charge in [-0.1, -0.05) is 18.2 Å². The van der Waals surface area contributed by atoms with Crippen LogP contribution in [0.25, 0.3) is 0 Å². The standard InChI is InChI=1S/C20H27N5O/c1-26-19-5-3-2-4-15(19)13-24-6-8-25(9-7-24)20-12-18(22-14-23-20)16-10-17(21)11-16/h2-5,12,14,16-17H,6-11,13,21H2,1H3. The zero-order valence-corrected chi connectivity index (χ0v) is 15.3. The Bertz CT molecular complexity index is 738. The lowest BCUT2D eigenvalue weighted by Gasteiger charge is -2.36. The van der Waals surface area contributed by atoms with E-state index in [1.807, 2.05) is 12.1 Å². The summed E-state index contributed by atoms with van der Waals surface area (Å²) in [7, 11) is 1.73. The number of nitrogens with zero attached hydrogens (tertiary/aromatic N) is 4. The van der Waals surface area contributed by atoms with Crippen molar-refractivity contribution >= 4 is 5.82 Å². The normalized spacial score (nSPS) is 23.5. The molecule has 1 saturated carbocycles. The van der Waals surface area contributed by atoms with E-state index in [2.05, 4.69) is 38.0 Å². The molecule has 0 spiro atoms. The molecular formula is C20H27N5O. The van der Waals surface area contributed by atoms with Crippen LogP contribution in [0.1, 0.15) is 30.0 Å². The van der Waals surface area contributed by atoms with Crippen molar-refractivity contribution in [3.8, 4) is 5.75 Å². The Morgan fingerprint density at radius 1 is 1.12 bits per heavy atom. The molecule has 1 aliphatic heterocycles. The van der Waals surface area contributed by atoms with E-state index in [0.29, 0.717) is 12.0 Å². The molecule has 1 saturated heterocycles. The van der Waals surface area contributed by atoms with E-state index in [1.165, 1.54) is 5.56 Å². The molecule has 1 aliphatic carbocycles. The molecule has 138 valence electrons. The fourth-order valence-corrected chi connectivity index (χ4v) is 3.87. The number of piperazine rings is 1. The minimum atomic E-state index is 0.344. The van der Waals surface area contributed by atoms with Gasteiger partial charge in [0.1, 0.15) is 17.9 Å². The second kappa shape index (κ2) is 7.60. The predicted octanol–water partition coefficient (Wildman–Crippen LogP) is 2.01. The molecule has 26 heavy (non-hydrogen) atoms. The number of anilines is 1. The summed E-state index contributed by atoms with van der Waals surface area (Å²) in [4.78, 5) is 13.8. The first-order valence-electron chi connectivity index (χ1n) is 9.39. The van der Waals surface area contributed by atoms with Crippen LogP contribution < -0.4 is 15.4 Å². The molecular weight excluding hydrogens is 326 g/mol. The highest BCUT2D eigenvalue weighted by Gasteiger charge is 2.29. The number of aromatic nitrogens is 2. The second-order valence-electron chi connectivity index (χ2n) is 7.30. The van der Waals surface area contributed by atoms with Gasteiger partial charge >= 0.3 is 0 Å². The SMILES string of the molecule is COc1ccccc1CN1CCN(c2cc(C3CC(N)C3)ncn2)CC1. The van der Waals surface area contributed by atoms with Gasteiger partial charge in [-0.3, -0.25) is 4.90 Å². The number of para-hydroxylation sites is 1. The van der Waals surface area contributed by atoms with E-state index < -0.39 is 0 Å². The lowest BCUT2D eigenvalue weighted by Crippen LogP contribution is -2.46. The van der Waals surface area contributed by atoms with Crippen LogP contribution in [0, 0.1) is 0 Å². The zero-order valence-electron chi connectivity index (χ0n) is 15.3. The maximum absolute atomic E-state index is 5.92. The fourth-order valence-electron chi connectivity index (χ4n) is 3.87. The highest BCUT2D eigenvalue weighted by Crippen LogP contribution is 2.35. The van der Waals surface area contributed by atoms with E-state index in [1.54, 1.807) is 13.4 Å². The van der Waals surface area contributed by atoms with Gasteiger partial charge in [-0.2, -0.15) is 0 Å².